The van der Waals surface area contributed by atoms with Crippen molar-refractivity contribution in [3.8, 4) is 11.5 Å². The second kappa shape index (κ2) is 7.11. The molecule has 0 aliphatic heterocycles. The minimum atomic E-state index is -0.929. The van der Waals surface area contributed by atoms with Crippen molar-refractivity contribution >= 4 is 18.8 Å². The molecular weight excluding hydrogens is 291 g/mol. The van der Waals surface area contributed by atoms with Gasteiger partial charge < -0.3 is 9.26 Å². The molecule has 0 atom stereocenters. The maximum absolute atomic E-state index is 6.35. The van der Waals surface area contributed by atoms with Crippen molar-refractivity contribution in [2.24, 2.45) is 0 Å². The summed E-state index contributed by atoms with van der Waals surface area (Å²) in [6, 6.07) is 28.4. The molecule has 0 N–H and O–H groups in total. The summed E-state index contributed by atoms with van der Waals surface area (Å²) >= 11 is 0. The lowest BCUT2D eigenvalue weighted by molar-refractivity contribution is 0.398. The van der Waals surface area contributed by atoms with Crippen LogP contribution in [0.25, 0.3) is 0 Å². The number of ether oxygens (including phenoxy) is 1. The topological polar surface area (TPSA) is 18.5 Å². The number of benzene rings is 3. The van der Waals surface area contributed by atoms with Crippen LogP contribution in [0.15, 0.2) is 84.9 Å². The van der Waals surface area contributed by atoms with Crippen LogP contribution in [0.4, 0.5) is 0 Å². The smallest absolute Gasteiger partial charge is 0.166 e. The zero-order valence-electron chi connectivity index (χ0n) is 12.3. The highest BCUT2D eigenvalue weighted by Crippen LogP contribution is 2.40. The maximum atomic E-state index is 6.35. The molecule has 0 aliphatic rings. The van der Waals surface area contributed by atoms with E-state index in [1.807, 2.05) is 60.7 Å². The molecule has 0 fully saturated rings. The normalized spacial score (nSPS) is 10.5. The molecule has 3 aromatic carbocycles. The highest BCUT2D eigenvalue weighted by atomic mass is 31.1. The zero-order valence-corrected chi connectivity index (χ0v) is 13.2. The molecule has 3 rings (SSSR count). The molecule has 0 amide bonds. The monoisotopic (exact) mass is 308 g/mol. The molecule has 0 aliphatic carbocycles. The molecule has 0 radical (unpaired) electrons. The third kappa shape index (κ3) is 3.29. The first-order chi connectivity index (χ1) is 10.9. The van der Waals surface area contributed by atoms with Gasteiger partial charge in [-0.25, -0.2) is 0 Å². The summed E-state index contributed by atoms with van der Waals surface area (Å²) in [6.07, 6.45) is 0. The number of rotatable bonds is 5. The van der Waals surface area contributed by atoms with Gasteiger partial charge in [0.1, 0.15) is 0 Å². The van der Waals surface area contributed by atoms with Crippen LogP contribution < -0.4 is 19.9 Å². The van der Waals surface area contributed by atoms with Crippen molar-refractivity contribution < 1.29 is 9.26 Å². The van der Waals surface area contributed by atoms with Crippen molar-refractivity contribution in [1.82, 2.24) is 0 Å². The average Bonchev–Trinajstić information content (AvgIpc) is 2.61. The predicted octanol–water partition coefficient (Wildman–Crippen LogP) is 4.12. The van der Waals surface area contributed by atoms with Crippen molar-refractivity contribution in [2.75, 3.05) is 7.11 Å². The van der Waals surface area contributed by atoms with Gasteiger partial charge in [-0.15, -0.1) is 0 Å². The summed E-state index contributed by atoms with van der Waals surface area (Å²) in [4.78, 5) is 0. The van der Waals surface area contributed by atoms with Gasteiger partial charge in [-0.1, -0.05) is 72.8 Å². The Kier molecular flexibility index (Phi) is 4.72. The van der Waals surface area contributed by atoms with E-state index in [0.29, 0.717) is 0 Å². The first-order valence-electron chi connectivity index (χ1n) is 7.10. The molecule has 22 heavy (non-hydrogen) atoms. The minimum Gasteiger partial charge on any atom is -0.493 e. The maximum Gasteiger partial charge on any atom is 0.166 e. The van der Waals surface area contributed by atoms with E-state index in [2.05, 4.69) is 24.3 Å². The number of methoxy groups -OCH3 is 1. The summed E-state index contributed by atoms with van der Waals surface area (Å²) in [5, 5.41) is 2.35. The van der Waals surface area contributed by atoms with E-state index in [9.17, 15) is 0 Å². The number of para-hydroxylation sites is 2. The second-order valence-corrected chi connectivity index (χ2v) is 6.51. The Morgan fingerprint density at radius 1 is 0.591 bits per heavy atom. The Morgan fingerprint density at radius 2 is 1.05 bits per heavy atom. The quantitative estimate of drug-likeness (QED) is 0.660. The van der Waals surface area contributed by atoms with Crippen molar-refractivity contribution in [1.29, 1.82) is 0 Å². The van der Waals surface area contributed by atoms with E-state index >= 15 is 0 Å². The Labute approximate surface area is 132 Å². The molecule has 3 heteroatoms. The Hall–Kier alpha value is -2.31. The summed E-state index contributed by atoms with van der Waals surface area (Å²) in [6.45, 7) is 0. The lowest BCUT2D eigenvalue weighted by Crippen LogP contribution is -2.15. The summed E-state index contributed by atoms with van der Waals surface area (Å²) in [5.74, 6) is 1.52. The molecule has 0 saturated carbocycles. The van der Waals surface area contributed by atoms with E-state index in [-0.39, 0.29) is 0 Å². The summed E-state index contributed by atoms with van der Waals surface area (Å²) in [7, 11) is 0.733. The lowest BCUT2D eigenvalue weighted by Gasteiger charge is -2.20. The SMILES string of the molecule is COc1ccccc1OP(c1ccccc1)c1ccccc1. The van der Waals surface area contributed by atoms with Crippen LogP contribution in [0.3, 0.4) is 0 Å². The first kappa shape index (κ1) is 14.6. The van der Waals surface area contributed by atoms with Gasteiger partial charge in [-0.2, -0.15) is 0 Å². The van der Waals surface area contributed by atoms with E-state index in [1.165, 1.54) is 10.6 Å². The Bertz CT molecular complexity index is 674. The van der Waals surface area contributed by atoms with Gasteiger partial charge >= 0.3 is 0 Å². The molecule has 0 bridgehead atoms. The van der Waals surface area contributed by atoms with Gasteiger partial charge in [0.05, 0.1) is 7.11 Å². The van der Waals surface area contributed by atoms with Gasteiger partial charge in [-0.05, 0) is 12.1 Å². The van der Waals surface area contributed by atoms with Crippen LogP contribution in [-0.4, -0.2) is 7.11 Å². The molecule has 0 heterocycles. The van der Waals surface area contributed by atoms with Crippen LogP contribution in [0.1, 0.15) is 0 Å². The molecule has 0 spiro atoms. The van der Waals surface area contributed by atoms with E-state index in [1.54, 1.807) is 7.11 Å². The Morgan fingerprint density at radius 3 is 1.55 bits per heavy atom. The predicted molar refractivity (Wildman–Crippen MR) is 92.7 cm³/mol. The molecule has 0 saturated heterocycles. The minimum absolute atomic E-state index is 0.752. The van der Waals surface area contributed by atoms with Crippen LogP contribution in [-0.2, 0) is 0 Å². The van der Waals surface area contributed by atoms with Gasteiger partial charge in [0.15, 0.2) is 19.6 Å². The van der Waals surface area contributed by atoms with Gasteiger partial charge in [0, 0.05) is 10.6 Å². The highest BCUT2D eigenvalue weighted by Gasteiger charge is 2.18. The summed E-state index contributed by atoms with van der Waals surface area (Å²) in [5.41, 5.74) is 0. The highest BCUT2D eigenvalue weighted by molar-refractivity contribution is 7.68. The molecular formula is C19H17O2P. The van der Waals surface area contributed by atoms with Gasteiger partial charge in [-0.3, -0.25) is 0 Å². The van der Waals surface area contributed by atoms with Crippen molar-refractivity contribution in [3.05, 3.63) is 84.9 Å². The lowest BCUT2D eigenvalue weighted by atomic mass is 10.3. The van der Waals surface area contributed by atoms with Crippen molar-refractivity contribution in [2.45, 2.75) is 0 Å². The zero-order chi connectivity index (χ0) is 15.2. The van der Waals surface area contributed by atoms with E-state index in [0.717, 1.165) is 11.5 Å². The number of hydrogen-bond acceptors (Lipinski definition) is 2. The molecule has 0 aromatic heterocycles. The third-order valence-corrected chi connectivity index (χ3v) is 5.15. The van der Waals surface area contributed by atoms with Crippen LogP contribution in [0.5, 0.6) is 11.5 Å². The van der Waals surface area contributed by atoms with E-state index < -0.39 is 8.15 Å². The molecule has 110 valence electrons. The van der Waals surface area contributed by atoms with Gasteiger partial charge in [0.2, 0.25) is 0 Å². The van der Waals surface area contributed by atoms with Crippen LogP contribution in [0.2, 0.25) is 0 Å². The molecule has 2 nitrogen and oxygen atoms in total. The fraction of sp³-hybridized carbons (Fsp3) is 0.0526. The van der Waals surface area contributed by atoms with Crippen molar-refractivity contribution in [3.63, 3.8) is 0 Å². The number of hydrogen-bond donors (Lipinski definition) is 0. The standard InChI is InChI=1S/C19H17O2P/c1-20-18-14-8-9-15-19(18)21-22(16-10-4-2-5-11-16)17-12-6-3-7-13-17/h2-15H,1H3. The second-order valence-electron chi connectivity index (χ2n) is 4.71. The Balaban J connectivity index is 1.99. The fourth-order valence-corrected chi connectivity index (χ4v) is 3.92. The van der Waals surface area contributed by atoms with Gasteiger partial charge in [0.25, 0.3) is 0 Å². The average molecular weight is 308 g/mol. The first-order valence-corrected chi connectivity index (χ1v) is 8.35. The summed E-state index contributed by atoms with van der Waals surface area (Å²) < 4.78 is 11.8. The molecule has 3 aromatic rings. The molecule has 0 unspecified atom stereocenters. The van der Waals surface area contributed by atoms with Crippen LogP contribution >= 0.6 is 8.15 Å². The third-order valence-electron chi connectivity index (χ3n) is 3.24. The van der Waals surface area contributed by atoms with E-state index in [4.69, 9.17) is 9.26 Å². The van der Waals surface area contributed by atoms with Crippen LogP contribution in [0, 0.1) is 0 Å². The largest absolute Gasteiger partial charge is 0.493 e. The fourth-order valence-electron chi connectivity index (χ4n) is 2.17.